The maximum atomic E-state index is 12.5. The highest BCUT2D eigenvalue weighted by Crippen LogP contribution is 2.22. The van der Waals surface area contributed by atoms with Crippen LogP contribution in [-0.4, -0.2) is 91.7 Å². The molecule has 2 aliphatic rings. The first kappa shape index (κ1) is 15.7. The van der Waals surface area contributed by atoms with Crippen LogP contribution in [0.15, 0.2) is 0 Å². The van der Waals surface area contributed by atoms with Crippen LogP contribution in [0.2, 0.25) is 0 Å². The van der Waals surface area contributed by atoms with Gasteiger partial charge in [-0.2, -0.15) is 4.31 Å². The van der Waals surface area contributed by atoms with E-state index in [-0.39, 0.29) is 12.5 Å². The van der Waals surface area contributed by atoms with Gasteiger partial charge in [-0.05, 0) is 12.8 Å². The maximum Gasteiger partial charge on any atom is 0.241 e. The van der Waals surface area contributed by atoms with Crippen molar-refractivity contribution in [3.63, 3.8) is 0 Å². The molecule has 2 heterocycles. The van der Waals surface area contributed by atoms with E-state index in [1.165, 1.54) is 4.31 Å². The zero-order valence-electron chi connectivity index (χ0n) is 11.9. The smallest absolute Gasteiger partial charge is 0.241 e. The van der Waals surface area contributed by atoms with Gasteiger partial charge in [0.2, 0.25) is 15.9 Å². The summed E-state index contributed by atoms with van der Waals surface area (Å²) >= 11 is 0. The molecule has 8 heteroatoms. The van der Waals surface area contributed by atoms with E-state index in [1.54, 1.807) is 4.90 Å². The van der Waals surface area contributed by atoms with E-state index in [2.05, 4.69) is 4.90 Å². The molecule has 2 saturated heterocycles. The summed E-state index contributed by atoms with van der Waals surface area (Å²) in [7, 11) is -3.31. The van der Waals surface area contributed by atoms with Gasteiger partial charge in [0.25, 0.3) is 0 Å². The minimum absolute atomic E-state index is 0.0726. The van der Waals surface area contributed by atoms with Gasteiger partial charge in [-0.1, -0.05) is 0 Å². The lowest BCUT2D eigenvalue weighted by Gasteiger charge is -2.36. The molecule has 2 rings (SSSR count). The van der Waals surface area contributed by atoms with E-state index in [0.717, 1.165) is 25.8 Å². The number of hydrogen-bond acceptors (Lipinski definition) is 5. The Hall–Kier alpha value is -0.700. The first-order valence-corrected chi connectivity index (χ1v) is 8.87. The van der Waals surface area contributed by atoms with Crippen molar-refractivity contribution in [1.82, 2.24) is 14.1 Å². The molecule has 2 fully saturated rings. The molecule has 0 aromatic rings. The van der Waals surface area contributed by atoms with E-state index in [4.69, 9.17) is 5.11 Å². The number of carbonyl (C=O) groups is 1. The average Bonchev–Trinajstić information content (AvgIpc) is 2.88. The van der Waals surface area contributed by atoms with Crippen molar-refractivity contribution in [2.75, 3.05) is 52.1 Å². The van der Waals surface area contributed by atoms with Crippen LogP contribution in [-0.2, 0) is 14.8 Å². The summed E-state index contributed by atoms with van der Waals surface area (Å²) < 4.78 is 24.7. The first-order chi connectivity index (χ1) is 9.43. The zero-order chi connectivity index (χ0) is 14.8. The van der Waals surface area contributed by atoms with Crippen LogP contribution in [0, 0.1) is 0 Å². The highest BCUT2D eigenvalue weighted by Gasteiger charge is 2.39. The fourth-order valence-corrected chi connectivity index (χ4v) is 4.05. The van der Waals surface area contributed by atoms with Crippen molar-refractivity contribution >= 4 is 15.9 Å². The number of sulfonamides is 1. The third-order valence-corrected chi connectivity index (χ3v) is 5.30. The molecule has 1 unspecified atom stereocenters. The van der Waals surface area contributed by atoms with Gasteiger partial charge in [-0.3, -0.25) is 9.69 Å². The van der Waals surface area contributed by atoms with Gasteiger partial charge in [0.05, 0.1) is 12.9 Å². The highest BCUT2D eigenvalue weighted by atomic mass is 32.2. The average molecular weight is 305 g/mol. The number of β-amino-alcohol motifs (C(OH)–C–C–N with tert-alkyl or cyclic N) is 1. The van der Waals surface area contributed by atoms with Crippen molar-refractivity contribution in [2.45, 2.75) is 18.9 Å². The first-order valence-electron chi connectivity index (χ1n) is 7.02. The second-order valence-corrected chi connectivity index (χ2v) is 7.36. The quantitative estimate of drug-likeness (QED) is 0.687. The van der Waals surface area contributed by atoms with Crippen LogP contribution < -0.4 is 0 Å². The Kier molecular flexibility index (Phi) is 5.00. The highest BCUT2D eigenvalue weighted by molar-refractivity contribution is 7.88. The number of aliphatic hydroxyl groups is 1. The Morgan fingerprint density at radius 1 is 1.20 bits per heavy atom. The Balaban J connectivity index is 1.95. The minimum atomic E-state index is -3.31. The molecular weight excluding hydrogens is 282 g/mol. The van der Waals surface area contributed by atoms with Crippen molar-refractivity contribution in [2.24, 2.45) is 0 Å². The Bertz CT molecular complexity index is 446. The molecular formula is C12H23N3O4S. The fraction of sp³-hybridized carbons (Fsp3) is 0.917. The van der Waals surface area contributed by atoms with Gasteiger partial charge in [0.15, 0.2) is 0 Å². The Morgan fingerprint density at radius 2 is 1.85 bits per heavy atom. The summed E-state index contributed by atoms with van der Waals surface area (Å²) in [6.45, 7) is 3.87. The standard InChI is InChI=1S/C12H23N3O4S/c1-20(18,19)15-4-2-3-11(15)12(17)14-7-5-13(6-8-14)9-10-16/h11,16H,2-10H2,1H3. The Labute approximate surface area is 120 Å². The van der Waals surface area contributed by atoms with Crippen molar-refractivity contribution in [1.29, 1.82) is 0 Å². The predicted molar refractivity (Wildman–Crippen MR) is 74.7 cm³/mol. The molecule has 0 radical (unpaired) electrons. The lowest BCUT2D eigenvalue weighted by molar-refractivity contribution is -0.136. The molecule has 7 nitrogen and oxygen atoms in total. The molecule has 20 heavy (non-hydrogen) atoms. The molecule has 1 amide bonds. The van der Waals surface area contributed by atoms with Crippen LogP contribution >= 0.6 is 0 Å². The van der Waals surface area contributed by atoms with Crippen molar-refractivity contribution in [3.05, 3.63) is 0 Å². The van der Waals surface area contributed by atoms with Crippen LogP contribution in [0.4, 0.5) is 0 Å². The summed E-state index contributed by atoms with van der Waals surface area (Å²) in [5.74, 6) is -0.0726. The number of hydrogen-bond donors (Lipinski definition) is 1. The fourth-order valence-electron chi connectivity index (χ4n) is 2.93. The van der Waals surface area contributed by atoms with Crippen molar-refractivity contribution < 1.29 is 18.3 Å². The van der Waals surface area contributed by atoms with Crippen LogP contribution in [0.3, 0.4) is 0 Å². The van der Waals surface area contributed by atoms with Crippen LogP contribution in [0.25, 0.3) is 0 Å². The van der Waals surface area contributed by atoms with E-state index in [0.29, 0.717) is 32.6 Å². The summed E-state index contributed by atoms with van der Waals surface area (Å²) in [6.07, 6.45) is 2.52. The van der Waals surface area contributed by atoms with E-state index in [9.17, 15) is 13.2 Å². The number of rotatable bonds is 4. The lowest BCUT2D eigenvalue weighted by atomic mass is 10.2. The molecule has 0 spiro atoms. The topological polar surface area (TPSA) is 81.2 Å². The lowest BCUT2D eigenvalue weighted by Crippen LogP contribution is -2.54. The van der Waals surface area contributed by atoms with E-state index in [1.807, 2.05) is 0 Å². The molecule has 1 atom stereocenters. The molecule has 0 saturated carbocycles. The number of nitrogens with zero attached hydrogens (tertiary/aromatic N) is 3. The molecule has 1 N–H and O–H groups in total. The monoisotopic (exact) mass is 305 g/mol. The number of amides is 1. The summed E-state index contributed by atoms with van der Waals surface area (Å²) in [5, 5.41) is 8.89. The maximum absolute atomic E-state index is 12.5. The van der Waals surface area contributed by atoms with E-state index >= 15 is 0 Å². The van der Waals surface area contributed by atoms with Gasteiger partial charge in [-0.15, -0.1) is 0 Å². The summed E-state index contributed by atoms with van der Waals surface area (Å²) in [5.41, 5.74) is 0. The normalized spacial score (nSPS) is 26.1. The molecule has 0 aromatic heterocycles. The number of aliphatic hydroxyl groups excluding tert-OH is 1. The summed E-state index contributed by atoms with van der Waals surface area (Å²) in [4.78, 5) is 16.3. The third kappa shape index (κ3) is 3.49. The minimum Gasteiger partial charge on any atom is -0.395 e. The van der Waals surface area contributed by atoms with Gasteiger partial charge in [0, 0.05) is 39.3 Å². The predicted octanol–water partition coefficient (Wildman–Crippen LogP) is -1.45. The van der Waals surface area contributed by atoms with Gasteiger partial charge in [0.1, 0.15) is 6.04 Å². The molecule has 0 aliphatic carbocycles. The second-order valence-electron chi connectivity index (χ2n) is 5.42. The van der Waals surface area contributed by atoms with E-state index < -0.39 is 16.1 Å². The van der Waals surface area contributed by atoms with Crippen molar-refractivity contribution in [3.8, 4) is 0 Å². The second kappa shape index (κ2) is 6.38. The molecule has 116 valence electrons. The van der Waals surface area contributed by atoms with Gasteiger partial charge in [-0.25, -0.2) is 8.42 Å². The molecule has 0 bridgehead atoms. The Morgan fingerprint density at radius 3 is 2.40 bits per heavy atom. The SMILES string of the molecule is CS(=O)(=O)N1CCCC1C(=O)N1CCN(CCO)CC1. The van der Waals surface area contributed by atoms with Gasteiger partial charge < -0.3 is 10.0 Å². The number of piperazine rings is 1. The third-order valence-electron chi connectivity index (χ3n) is 4.01. The molecule has 2 aliphatic heterocycles. The van der Waals surface area contributed by atoms with Gasteiger partial charge >= 0.3 is 0 Å². The molecule has 0 aromatic carbocycles. The zero-order valence-corrected chi connectivity index (χ0v) is 12.7. The number of carbonyl (C=O) groups excluding carboxylic acids is 1. The van der Waals surface area contributed by atoms with Crippen LogP contribution in [0.1, 0.15) is 12.8 Å². The van der Waals surface area contributed by atoms with Crippen LogP contribution in [0.5, 0.6) is 0 Å². The summed E-state index contributed by atoms with van der Waals surface area (Å²) in [6, 6.07) is -0.519. The largest absolute Gasteiger partial charge is 0.395 e.